The van der Waals surface area contributed by atoms with Crippen molar-refractivity contribution in [2.45, 2.75) is 37.8 Å². The predicted octanol–water partition coefficient (Wildman–Crippen LogP) is 2.12. The average molecular weight is 245 g/mol. The first-order valence-electron chi connectivity index (χ1n) is 6.71. The fourth-order valence-corrected chi connectivity index (χ4v) is 3.56. The molecule has 1 amide bonds. The largest absolute Gasteiger partial charge is 0.370 e. The van der Waals surface area contributed by atoms with Crippen molar-refractivity contribution in [3.63, 3.8) is 0 Å². The standard InChI is InChI=1S/C15H19NO2/c1-11-13(12-5-3-2-4-6-12)8-10-16-14(17)7-9-15(11,16)18/h2-6,11,13,18H,7-10H2,1H3/t11-,13+,15-/m0/s1. The number of hydrogen-bond donors (Lipinski definition) is 1. The Labute approximate surface area is 107 Å². The van der Waals surface area contributed by atoms with Crippen molar-refractivity contribution in [3.8, 4) is 0 Å². The predicted molar refractivity (Wildman–Crippen MR) is 68.9 cm³/mol. The SMILES string of the molecule is C[C@H]1[C@H](c2ccccc2)CCN2C(=O)CC[C@]12O. The minimum atomic E-state index is -0.921. The third-order valence-electron chi connectivity index (χ3n) is 4.70. The molecule has 18 heavy (non-hydrogen) atoms. The number of piperidine rings is 1. The second kappa shape index (κ2) is 4.09. The van der Waals surface area contributed by atoms with Crippen molar-refractivity contribution in [2.75, 3.05) is 6.54 Å². The van der Waals surface area contributed by atoms with Gasteiger partial charge in [0.2, 0.25) is 5.91 Å². The summed E-state index contributed by atoms with van der Waals surface area (Å²) in [4.78, 5) is 13.5. The molecule has 2 saturated heterocycles. The zero-order valence-electron chi connectivity index (χ0n) is 10.7. The van der Waals surface area contributed by atoms with Gasteiger partial charge in [0.05, 0.1) is 0 Å². The molecule has 2 aliphatic heterocycles. The molecule has 1 aromatic carbocycles. The van der Waals surface area contributed by atoms with Gasteiger partial charge >= 0.3 is 0 Å². The Hall–Kier alpha value is -1.35. The molecule has 0 aromatic heterocycles. The zero-order valence-corrected chi connectivity index (χ0v) is 10.7. The van der Waals surface area contributed by atoms with Crippen molar-refractivity contribution in [1.82, 2.24) is 4.90 Å². The van der Waals surface area contributed by atoms with Crippen LogP contribution in [-0.2, 0) is 4.79 Å². The van der Waals surface area contributed by atoms with Gasteiger partial charge in [0.25, 0.3) is 0 Å². The maximum atomic E-state index is 11.8. The quantitative estimate of drug-likeness (QED) is 0.823. The van der Waals surface area contributed by atoms with Crippen LogP contribution in [0, 0.1) is 5.92 Å². The Bertz CT molecular complexity index is 459. The molecule has 0 aliphatic carbocycles. The third kappa shape index (κ3) is 1.57. The Morgan fingerprint density at radius 2 is 2.06 bits per heavy atom. The number of aliphatic hydroxyl groups is 1. The number of hydrogen-bond acceptors (Lipinski definition) is 2. The minimum absolute atomic E-state index is 0.0973. The van der Waals surface area contributed by atoms with E-state index in [0.29, 0.717) is 25.3 Å². The Balaban J connectivity index is 1.91. The molecule has 1 N–H and O–H groups in total. The molecule has 2 fully saturated rings. The molecule has 0 unspecified atom stereocenters. The number of nitrogens with zero attached hydrogens (tertiary/aromatic N) is 1. The van der Waals surface area contributed by atoms with Crippen molar-refractivity contribution < 1.29 is 9.90 Å². The second-order valence-corrected chi connectivity index (χ2v) is 5.52. The highest BCUT2D eigenvalue weighted by molar-refractivity contribution is 5.79. The van der Waals surface area contributed by atoms with E-state index in [2.05, 4.69) is 19.1 Å². The monoisotopic (exact) mass is 245 g/mol. The van der Waals surface area contributed by atoms with Gasteiger partial charge in [-0.1, -0.05) is 37.3 Å². The molecule has 1 aromatic rings. The lowest BCUT2D eigenvalue weighted by atomic mass is 9.75. The van der Waals surface area contributed by atoms with Gasteiger partial charge in [-0.05, 0) is 17.9 Å². The molecule has 0 spiro atoms. The van der Waals surface area contributed by atoms with Crippen LogP contribution in [-0.4, -0.2) is 28.2 Å². The van der Waals surface area contributed by atoms with Crippen molar-refractivity contribution in [2.24, 2.45) is 5.92 Å². The summed E-state index contributed by atoms with van der Waals surface area (Å²) in [5.74, 6) is 0.550. The highest BCUT2D eigenvalue weighted by Crippen LogP contribution is 2.46. The van der Waals surface area contributed by atoms with E-state index in [0.717, 1.165) is 6.42 Å². The first kappa shape index (κ1) is 11.7. The summed E-state index contributed by atoms with van der Waals surface area (Å²) >= 11 is 0. The fourth-order valence-electron chi connectivity index (χ4n) is 3.56. The van der Waals surface area contributed by atoms with Gasteiger partial charge in [-0.15, -0.1) is 0 Å². The average Bonchev–Trinajstić information content (AvgIpc) is 2.69. The maximum absolute atomic E-state index is 11.8. The van der Waals surface area contributed by atoms with E-state index in [9.17, 15) is 9.90 Å². The number of fused-ring (bicyclic) bond motifs is 1. The van der Waals surface area contributed by atoms with E-state index in [4.69, 9.17) is 0 Å². The van der Waals surface area contributed by atoms with E-state index in [1.165, 1.54) is 5.56 Å². The van der Waals surface area contributed by atoms with Gasteiger partial charge in [-0.3, -0.25) is 4.79 Å². The smallest absolute Gasteiger partial charge is 0.225 e. The van der Waals surface area contributed by atoms with Gasteiger partial charge in [0, 0.05) is 25.3 Å². The summed E-state index contributed by atoms with van der Waals surface area (Å²) in [7, 11) is 0. The summed E-state index contributed by atoms with van der Waals surface area (Å²) in [6.45, 7) is 2.75. The second-order valence-electron chi connectivity index (χ2n) is 5.52. The number of rotatable bonds is 1. The lowest BCUT2D eigenvalue weighted by Crippen LogP contribution is -2.56. The Kier molecular flexibility index (Phi) is 2.67. The maximum Gasteiger partial charge on any atom is 0.225 e. The van der Waals surface area contributed by atoms with Gasteiger partial charge in [-0.2, -0.15) is 0 Å². The van der Waals surface area contributed by atoms with Crippen LogP contribution in [0.15, 0.2) is 30.3 Å². The summed E-state index contributed by atoms with van der Waals surface area (Å²) in [5, 5.41) is 10.8. The molecule has 0 bridgehead atoms. The van der Waals surface area contributed by atoms with Crippen LogP contribution in [0.3, 0.4) is 0 Å². The summed E-state index contributed by atoms with van der Waals surface area (Å²) in [5.41, 5.74) is 0.355. The molecule has 2 heterocycles. The van der Waals surface area contributed by atoms with E-state index >= 15 is 0 Å². The van der Waals surface area contributed by atoms with E-state index in [1.54, 1.807) is 4.90 Å². The number of benzene rings is 1. The van der Waals surface area contributed by atoms with Crippen LogP contribution in [0.4, 0.5) is 0 Å². The van der Waals surface area contributed by atoms with E-state index in [-0.39, 0.29) is 11.8 Å². The van der Waals surface area contributed by atoms with Gasteiger partial charge in [0.1, 0.15) is 5.72 Å². The molecule has 96 valence electrons. The number of carbonyl (C=O) groups excluding carboxylic acids is 1. The summed E-state index contributed by atoms with van der Waals surface area (Å²) in [6, 6.07) is 10.3. The van der Waals surface area contributed by atoms with Crippen molar-refractivity contribution in [1.29, 1.82) is 0 Å². The molecule has 3 nitrogen and oxygen atoms in total. The fraction of sp³-hybridized carbons (Fsp3) is 0.533. The highest BCUT2D eigenvalue weighted by atomic mass is 16.3. The van der Waals surface area contributed by atoms with Gasteiger partial charge in [-0.25, -0.2) is 0 Å². The molecule has 0 radical (unpaired) electrons. The summed E-state index contributed by atoms with van der Waals surface area (Å²) < 4.78 is 0. The Morgan fingerprint density at radius 3 is 2.78 bits per heavy atom. The minimum Gasteiger partial charge on any atom is -0.370 e. The van der Waals surface area contributed by atoms with E-state index < -0.39 is 5.72 Å². The zero-order chi connectivity index (χ0) is 12.8. The van der Waals surface area contributed by atoms with Crippen LogP contribution >= 0.6 is 0 Å². The molecule has 3 atom stereocenters. The number of carbonyl (C=O) groups is 1. The topological polar surface area (TPSA) is 40.5 Å². The molecule has 3 heteroatoms. The van der Waals surface area contributed by atoms with Crippen molar-refractivity contribution >= 4 is 5.91 Å². The normalized spacial score (nSPS) is 35.7. The molecular formula is C15H19NO2. The van der Waals surface area contributed by atoms with Crippen LogP contribution < -0.4 is 0 Å². The molecule has 2 aliphatic rings. The van der Waals surface area contributed by atoms with Gasteiger partial charge in [0.15, 0.2) is 0 Å². The van der Waals surface area contributed by atoms with Crippen molar-refractivity contribution in [3.05, 3.63) is 35.9 Å². The van der Waals surface area contributed by atoms with Crippen LogP contribution in [0.2, 0.25) is 0 Å². The first-order chi connectivity index (χ1) is 8.63. The van der Waals surface area contributed by atoms with E-state index in [1.807, 2.05) is 18.2 Å². The highest BCUT2D eigenvalue weighted by Gasteiger charge is 2.52. The lowest BCUT2D eigenvalue weighted by Gasteiger charge is -2.47. The summed E-state index contributed by atoms with van der Waals surface area (Å²) in [6.07, 6.45) is 2.01. The lowest BCUT2D eigenvalue weighted by molar-refractivity contribution is -0.168. The van der Waals surface area contributed by atoms with Gasteiger partial charge < -0.3 is 10.0 Å². The number of amides is 1. The van der Waals surface area contributed by atoms with Crippen LogP contribution in [0.25, 0.3) is 0 Å². The molecular weight excluding hydrogens is 226 g/mol. The molecule has 3 rings (SSSR count). The van der Waals surface area contributed by atoms with Crippen LogP contribution in [0.5, 0.6) is 0 Å². The Morgan fingerprint density at radius 1 is 1.33 bits per heavy atom. The first-order valence-corrected chi connectivity index (χ1v) is 6.71. The van der Waals surface area contributed by atoms with Crippen LogP contribution in [0.1, 0.15) is 37.7 Å². The molecule has 0 saturated carbocycles. The third-order valence-corrected chi connectivity index (χ3v) is 4.70.